The fourth-order valence-electron chi connectivity index (χ4n) is 2.31. The van der Waals surface area contributed by atoms with Crippen molar-refractivity contribution in [3.63, 3.8) is 0 Å². The number of anilines is 1. The highest BCUT2D eigenvalue weighted by atomic mass is 16.6. The van der Waals surface area contributed by atoms with Crippen LogP contribution in [0.5, 0.6) is 0 Å². The molecule has 2 rings (SSSR count). The van der Waals surface area contributed by atoms with Crippen LogP contribution in [0.15, 0.2) is 18.2 Å². The van der Waals surface area contributed by atoms with Gasteiger partial charge in [-0.1, -0.05) is 0 Å². The van der Waals surface area contributed by atoms with Gasteiger partial charge in [0.2, 0.25) is 0 Å². The summed E-state index contributed by atoms with van der Waals surface area (Å²) in [6.45, 7) is 0.509. The molecule has 1 atom stereocenters. The van der Waals surface area contributed by atoms with Gasteiger partial charge in [-0.15, -0.1) is 0 Å². The quantitative estimate of drug-likeness (QED) is 0.476. The highest BCUT2D eigenvalue weighted by molar-refractivity contribution is 5.96. The van der Waals surface area contributed by atoms with Gasteiger partial charge in [0.15, 0.2) is 0 Å². The van der Waals surface area contributed by atoms with Crippen molar-refractivity contribution in [2.75, 3.05) is 18.9 Å². The number of aliphatic hydroxyl groups is 1. The van der Waals surface area contributed by atoms with Crippen LogP contribution in [0.4, 0.5) is 11.4 Å². The molecule has 1 amide bonds. The van der Waals surface area contributed by atoms with E-state index in [2.05, 4.69) is 0 Å². The van der Waals surface area contributed by atoms with Crippen molar-refractivity contribution >= 4 is 17.3 Å². The molecular formula is C12H15N3O4. The van der Waals surface area contributed by atoms with E-state index in [1.807, 2.05) is 0 Å². The molecule has 0 aliphatic carbocycles. The molecule has 3 N–H and O–H groups in total. The van der Waals surface area contributed by atoms with E-state index < -0.39 is 4.92 Å². The Morgan fingerprint density at radius 3 is 2.89 bits per heavy atom. The zero-order valence-corrected chi connectivity index (χ0v) is 10.3. The third-order valence-electron chi connectivity index (χ3n) is 3.32. The minimum atomic E-state index is -0.587. The number of nitrogens with two attached hydrogens (primary N) is 1. The Morgan fingerprint density at radius 1 is 1.58 bits per heavy atom. The second-order valence-corrected chi connectivity index (χ2v) is 4.51. The summed E-state index contributed by atoms with van der Waals surface area (Å²) < 4.78 is 0. The topological polar surface area (TPSA) is 110 Å². The molecule has 102 valence electrons. The number of nitrogen functional groups attached to an aromatic ring is 1. The first kappa shape index (κ1) is 13.3. The Hall–Kier alpha value is -2.15. The number of likely N-dealkylation sites (tertiary alicyclic amines) is 1. The largest absolute Gasteiger partial charge is 0.394 e. The minimum Gasteiger partial charge on any atom is -0.394 e. The second kappa shape index (κ2) is 5.23. The number of nitrogens with zero attached hydrogens (tertiary/aromatic N) is 2. The molecule has 1 fully saturated rings. The molecule has 1 aliphatic heterocycles. The predicted octanol–water partition coefficient (Wildman–Crippen LogP) is 0.774. The Bertz CT molecular complexity index is 518. The molecule has 0 spiro atoms. The maximum atomic E-state index is 12.2. The van der Waals surface area contributed by atoms with Crippen LogP contribution in [0.3, 0.4) is 0 Å². The number of hydrogen-bond donors (Lipinski definition) is 2. The lowest BCUT2D eigenvalue weighted by Gasteiger charge is -2.23. The van der Waals surface area contributed by atoms with Gasteiger partial charge in [0.25, 0.3) is 11.6 Å². The summed E-state index contributed by atoms with van der Waals surface area (Å²) in [6, 6.07) is 3.76. The molecule has 7 nitrogen and oxygen atoms in total. The Labute approximate surface area is 109 Å². The molecule has 0 saturated carbocycles. The predicted molar refractivity (Wildman–Crippen MR) is 68.7 cm³/mol. The lowest BCUT2D eigenvalue weighted by molar-refractivity contribution is -0.383. The number of benzene rings is 1. The lowest BCUT2D eigenvalue weighted by atomic mass is 10.1. The maximum absolute atomic E-state index is 12.2. The summed E-state index contributed by atoms with van der Waals surface area (Å²) in [6.07, 6.45) is 1.62. The van der Waals surface area contributed by atoms with Crippen LogP contribution in [-0.4, -0.2) is 40.0 Å². The van der Waals surface area contributed by atoms with E-state index >= 15 is 0 Å². The number of carbonyl (C=O) groups is 1. The van der Waals surface area contributed by atoms with E-state index in [0.29, 0.717) is 12.1 Å². The number of amides is 1. The summed E-state index contributed by atoms with van der Waals surface area (Å²) >= 11 is 0. The van der Waals surface area contributed by atoms with Crippen LogP contribution >= 0.6 is 0 Å². The van der Waals surface area contributed by atoms with E-state index in [0.717, 1.165) is 12.8 Å². The van der Waals surface area contributed by atoms with E-state index in [9.17, 15) is 20.0 Å². The molecular weight excluding hydrogens is 250 g/mol. The number of nitro groups is 1. The summed E-state index contributed by atoms with van der Waals surface area (Å²) in [5.41, 5.74) is 5.63. The number of nitro benzene ring substituents is 1. The Kier molecular flexibility index (Phi) is 3.66. The first-order chi connectivity index (χ1) is 9.04. The van der Waals surface area contributed by atoms with Crippen molar-refractivity contribution in [1.82, 2.24) is 4.90 Å². The number of hydrogen-bond acceptors (Lipinski definition) is 5. The average Bonchev–Trinajstić information content (AvgIpc) is 2.85. The fourth-order valence-corrected chi connectivity index (χ4v) is 2.31. The van der Waals surface area contributed by atoms with Gasteiger partial charge in [0.05, 0.1) is 17.6 Å². The van der Waals surface area contributed by atoms with Crippen molar-refractivity contribution in [3.8, 4) is 0 Å². The van der Waals surface area contributed by atoms with Gasteiger partial charge >= 0.3 is 0 Å². The zero-order valence-electron chi connectivity index (χ0n) is 10.3. The molecule has 1 aliphatic rings. The van der Waals surface area contributed by atoms with Crippen LogP contribution in [-0.2, 0) is 0 Å². The van der Waals surface area contributed by atoms with Crippen LogP contribution in [0.25, 0.3) is 0 Å². The molecule has 1 heterocycles. The summed E-state index contributed by atoms with van der Waals surface area (Å²) in [5.74, 6) is -0.252. The highest BCUT2D eigenvalue weighted by Gasteiger charge is 2.29. The molecule has 1 unspecified atom stereocenters. The first-order valence-corrected chi connectivity index (χ1v) is 6.00. The van der Waals surface area contributed by atoms with Crippen molar-refractivity contribution in [2.24, 2.45) is 0 Å². The Morgan fingerprint density at radius 2 is 2.32 bits per heavy atom. The van der Waals surface area contributed by atoms with E-state index in [4.69, 9.17) is 5.73 Å². The smallest absolute Gasteiger partial charge is 0.292 e. The third kappa shape index (κ3) is 2.50. The molecule has 1 aromatic carbocycles. The van der Waals surface area contributed by atoms with Gasteiger partial charge in [-0.05, 0) is 25.0 Å². The van der Waals surface area contributed by atoms with Gasteiger partial charge in [-0.2, -0.15) is 0 Å². The highest BCUT2D eigenvalue weighted by Crippen LogP contribution is 2.25. The van der Waals surface area contributed by atoms with Crippen LogP contribution in [0.1, 0.15) is 23.2 Å². The zero-order chi connectivity index (χ0) is 14.0. The SMILES string of the molecule is Nc1cc(C(=O)N2CCCC2CO)ccc1[N+](=O)[O-]. The van der Waals surface area contributed by atoms with Gasteiger partial charge in [-0.3, -0.25) is 14.9 Å². The van der Waals surface area contributed by atoms with Gasteiger partial charge in [0.1, 0.15) is 5.69 Å². The number of carbonyl (C=O) groups excluding carboxylic acids is 1. The van der Waals surface area contributed by atoms with Crippen molar-refractivity contribution in [2.45, 2.75) is 18.9 Å². The van der Waals surface area contributed by atoms with Gasteiger partial charge in [0, 0.05) is 18.2 Å². The summed E-state index contributed by atoms with van der Waals surface area (Å²) in [5, 5.41) is 19.9. The van der Waals surface area contributed by atoms with Crippen molar-refractivity contribution in [3.05, 3.63) is 33.9 Å². The van der Waals surface area contributed by atoms with Gasteiger partial charge in [-0.25, -0.2) is 0 Å². The lowest BCUT2D eigenvalue weighted by Crippen LogP contribution is -2.37. The molecule has 0 bridgehead atoms. The van der Waals surface area contributed by atoms with Crippen molar-refractivity contribution < 1.29 is 14.8 Å². The van der Waals surface area contributed by atoms with Crippen LogP contribution in [0.2, 0.25) is 0 Å². The average molecular weight is 265 g/mol. The van der Waals surface area contributed by atoms with Crippen LogP contribution < -0.4 is 5.73 Å². The molecule has 7 heteroatoms. The molecule has 0 radical (unpaired) electrons. The van der Waals surface area contributed by atoms with E-state index in [1.165, 1.54) is 18.2 Å². The normalized spacial score (nSPS) is 18.6. The molecule has 19 heavy (non-hydrogen) atoms. The monoisotopic (exact) mass is 265 g/mol. The Balaban J connectivity index is 2.25. The fraction of sp³-hybridized carbons (Fsp3) is 0.417. The van der Waals surface area contributed by atoms with Gasteiger partial charge < -0.3 is 15.7 Å². The van der Waals surface area contributed by atoms with E-state index in [1.54, 1.807) is 4.90 Å². The first-order valence-electron chi connectivity index (χ1n) is 6.00. The summed E-state index contributed by atoms with van der Waals surface area (Å²) in [7, 11) is 0. The summed E-state index contributed by atoms with van der Waals surface area (Å²) in [4.78, 5) is 23.9. The molecule has 1 aromatic rings. The number of aliphatic hydroxyl groups excluding tert-OH is 1. The van der Waals surface area contributed by atoms with E-state index in [-0.39, 0.29) is 29.9 Å². The molecule has 1 saturated heterocycles. The second-order valence-electron chi connectivity index (χ2n) is 4.51. The maximum Gasteiger partial charge on any atom is 0.292 e. The number of rotatable bonds is 3. The molecule has 0 aromatic heterocycles. The van der Waals surface area contributed by atoms with Crippen LogP contribution in [0, 0.1) is 10.1 Å². The standard InChI is InChI=1S/C12H15N3O4/c13-10-6-8(3-4-11(10)15(18)19)12(17)14-5-1-2-9(14)7-16/h3-4,6,9,16H,1-2,5,7,13H2. The third-order valence-corrected chi connectivity index (χ3v) is 3.32. The minimum absolute atomic E-state index is 0.0319. The van der Waals surface area contributed by atoms with Crippen molar-refractivity contribution in [1.29, 1.82) is 0 Å².